The van der Waals surface area contributed by atoms with Crippen LogP contribution in [0.5, 0.6) is 5.75 Å². The fourth-order valence-corrected chi connectivity index (χ4v) is 3.30. The Morgan fingerprint density at radius 2 is 1.83 bits per heavy atom. The molecule has 1 saturated heterocycles. The highest BCUT2D eigenvalue weighted by molar-refractivity contribution is 5.69. The first kappa shape index (κ1) is 16.9. The summed E-state index contributed by atoms with van der Waals surface area (Å²) >= 11 is 0. The molecule has 0 saturated carbocycles. The number of ether oxygens (including phenoxy) is 2. The molecule has 0 unspecified atom stereocenters. The second-order valence-corrected chi connectivity index (χ2v) is 8.26. The van der Waals surface area contributed by atoms with Crippen LogP contribution in [0.4, 0.5) is 10.5 Å². The molecule has 3 rings (SSSR count). The molecule has 1 fully saturated rings. The maximum atomic E-state index is 12.2. The van der Waals surface area contributed by atoms with E-state index in [0.29, 0.717) is 13.1 Å². The van der Waals surface area contributed by atoms with Gasteiger partial charge in [0.2, 0.25) is 0 Å². The molecule has 0 aliphatic carbocycles. The fraction of sp³-hybridized carbons (Fsp3) is 0.632. The lowest BCUT2D eigenvalue weighted by Crippen LogP contribution is -2.50. The average molecular weight is 332 g/mol. The molecule has 2 aliphatic heterocycles. The van der Waals surface area contributed by atoms with Crippen molar-refractivity contribution in [1.82, 2.24) is 4.90 Å². The largest absolute Gasteiger partial charge is 0.485 e. The number of rotatable bonds is 1. The number of para-hydroxylation sites is 1. The van der Waals surface area contributed by atoms with Crippen LogP contribution in [0.15, 0.2) is 18.2 Å². The molecule has 0 atom stereocenters. The van der Waals surface area contributed by atoms with Crippen molar-refractivity contribution >= 4 is 11.8 Å². The lowest BCUT2D eigenvalue weighted by atomic mass is 10.0. The Hall–Kier alpha value is -1.91. The molecule has 0 aromatic heterocycles. The third-order valence-corrected chi connectivity index (χ3v) is 4.34. The van der Waals surface area contributed by atoms with Crippen molar-refractivity contribution in [2.45, 2.75) is 52.2 Å². The van der Waals surface area contributed by atoms with E-state index in [1.165, 1.54) is 5.56 Å². The topological polar surface area (TPSA) is 42.0 Å². The zero-order valence-electron chi connectivity index (χ0n) is 15.4. The van der Waals surface area contributed by atoms with Gasteiger partial charge in [-0.2, -0.15) is 0 Å². The van der Waals surface area contributed by atoms with E-state index in [-0.39, 0.29) is 11.7 Å². The maximum Gasteiger partial charge on any atom is 0.410 e. The number of hydrogen-bond donors (Lipinski definition) is 0. The summed E-state index contributed by atoms with van der Waals surface area (Å²) in [7, 11) is 0. The first-order chi connectivity index (χ1) is 11.1. The van der Waals surface area contributed by atoms with Gasteiger partial charge in [-0.05, 0) is 40.7 Å². The second kappa shape index (κ2) is 5.87. The van der Waals surface area contributed by atoms with E-state index in [0.717, 1.165) is 30.9 Å². The summed E-state index contributed by atoms with van der Waals surface area (Å²) in [6.07, 6.45) is 0.714. The smallest absolute Gasteiger partial charge is 0.410 e. The van der Waals surface area contributed by atoms with Crippen molar-refractivity contribution in [3.05, 3.63) is 23.8 Å². The molecule has 0 bridgehead atoms. The summed E-state index contributed by atoms with van der Waals surface area (Å²) in [5, 5.41) is 0. The van der Waals surface area contributed by atoms with E-state index in [1.807, 2.05) is 20.8 Å². The van der Waals surface area contributed by atoms with Crippen LogP contribution in [0.2, 0.25) is 0 Å². The summed E-state index contributed by atoms with van der Waals surface area (Å²) in [5.74, 6) is 1.01. The first-order valence-corrected chi connectivity index (χ1v) is 8.68. The molecule has 132 valence electrons. The van der Waals surface area contributed by atoms with Crippen molar-refractivity contribution in [2.75, 3.05) is 31.1 Å². The van der Waals surface area contributed by atoms with Crippen molar-refractivity contribution < 1.29 is 14.3 Å². The molecule has 2 aliphatic rings. The zero-order valence-corrected chi connectivity index (χ0v) is 15.4. The Balaban J connectivity index is 1.67. The van der Waals surface area contributed by atoms with Crippen molar-refractivity contribution in [2.24, 2.45) is 0 Å². The van der Waals surface area contributed by atoms with Crippen LogP contribution >= 0.6 is 0 Å². The minimum Gasteiger partial charge on any atom is -0.485 e. The van der Waals surface area contributed by atoms with Crippen LogP contribution in [0.25, 0.3) is 0 Å². The lowest BCUT2D eigenvalue weighted by molar-refractivity contribution is 0.0240. The number of carbonyl (C=O) groups excluding carboxylic acids is 1. The maximum absolute atomic E-state index is 12.2. The van der Waals surface area contributed by atoms with E-state index in [2.05, 4.69) is 36.9 Å². The number of anilines is 1. The number of amides is 1. The number of benzene rings is 1. The summed E-state index contributed by atoms with van der Waals surface area (Å²) in [6, 6.07) is 6.35. The third kappa shape index (κ3) is 3.60. The van der Waals surface area contributed by atoms with E-state index in [9.17, 15) is 4.79 Å². The average Bonchev–Trinajstić information content (AvgIpc) is 2.79. The minimum absolute atomic E-state index is 0.142. The van der Waals surface area contributed by atoms with Crippen LogP contribution in [0.1, 0.15) is 40.2 Å². The van der Waals surface area contributed by atoms with Crippen LogP contribution in [-0.2, 0) is 11.2 Å². The number of hydrogen-bond acceptors (Lipinski definition) is 4. The van der Waals surface area contributed by atoms with Gasteiger partial charge in [0.25, 0.3) is 0 Å². The van der Waals surface area contributed by atoms with Gasteiger partial charge in [0.1, 0.15) is 17.0 Å². The second-order valence-electron chi connectivity index (χ2n) is 8.26. The summed E-state index contributed by atoms with van der Waals surface area (Å²) in [4.78, 5) is 16.3. The van der Waals surface area contributed by atoms with Gasteiger partial charge in [-0.25, -0.2) is 4.79 Å². The highest BCUT2D eigenvalue weighted by atomic mass is 16.6. The highest BCUT2D eigenvalue weighted by Crippen LogP contribution is 2.42. The molecule has 5 nitrogen and oxygen atoms in total. The minimum atomic E-state index is -0.451. The van der Waals surface area contributed by atoms with Gasteiger partial charge in [-0.1, -0.05) is 12.1 Å². The third-order valence-electron chi connectivity index (χ3n) is 4.34. The van der Waals surface area contributed by atoms with Crippen LogP contribution < -0.4 is 9.64 Å². The number of fused-ring (bicyclic) bond motifs is 1. The van der Waals surface area contributed by atoms with E-state index < -0.39 is 5.60 Å². The van der Waals surface area contributed by atoms with Crippen molar-refractivity contribution in [3.63, 3.8) is 0 Å². The van der Waals surface area contributed by atoms with Gasteiger partial charge < -0.3 is 19.3 Å². The van der Waals surface area contributed by atoms with E-state index in [1.54, 1.807) is 4.90 Å². The van der Waals surface area contributed by atoms with Gasteiger partial charge in [0.05, 0.1) is 5.69 Å². The van der Waals surface area contributed by atoms with Gasteiger partial charge in [-0.3, -0.25) is 0 Å². The van der Waals surface area contributed by atoms with E-state index >= 15 is 0 Å². The predicted octanol–water partition coefficient (Wildman–Crippen LogP) is 3.46. The van der Waals surface area contributed by atoms with Crippen LogP contribution in [0.3, 0.4) is 0 Å². The summed E-state index contributed by atoms with van der Waals surface area (Å²) in [5.41, 5.74) is 1.82. The zero-order chi connectivity index (χ0) is 17.5. The summed E-state index contributed by atoms with van der Waals surface area (Å²) in [6.45, 7) is 12.9. The number of nitrogens with zero attached hydrogens (tertiary/aromatic N) is 2. The molecule has 1 amide bonds. The van der Waals surface area contributed by atoms with Gasteiger partial charge in [0.15, 0.2) is 0 Å². The van der Waals surface area contributed by atoms with Crippen LogP contribution in [0, 0.1) is 0 Å². The number of piperazine rings is 1. The lowest BCUT2D eigenvalue weighted by Gasteiger charge is -2.37. The molecular formula is C19H28N2O3. The standard InChI is InChI=1S/C19H28N2O3/c1-18(2,3)24-17(22)21-11-9-20(10-12-21)15-8-6-7-14-13-19(4,5)23-16(14)15/h6-8H,9-13H2,1-5H3. The Kier molecular flexibility index (Phi) is 4.14. The Labute approximate surface area is 144 Å². The van der Waals surface area contributed by atoms with Crippen LogP contribution in [-0.4, -0.2) is 48.4 Å². The summed E-state index contributed by atoms with van der Waals surface area (Å²) < 4.78 is 11.6. The monoisotopic (exact) mass is 332 g/mol. The molecule has 0 spiro atoms. The molecular weight excluding hydrogens is 304 g/mol. The normalized spacial score (nSPS) is 19.7. The van der Waals surface area contributed by atoms with Gasteiger partial charge in [0, 0.05) is 38.2 Å². The van der Waals surface area contributed by atoms with Crippen molar-refractivity contribution in [3.8, 4) is 5.75 Å². The fourth-order valence-electron chi connectivity index (χ4n) is 3.30. The molecule has 0 N–H and O–H groups in total. The molecule has 1 aromatic carbocycles. The Morgan fingerprint density at radius 3 is 2.46 bits per heavy atom. The Morgan fingerprint density at radius 1 is 1.17 bits per heavy atom. The quantitative estimate of drug-likeness (QED) is 0.790. The van der Waals surface area contributed by atoms with Gasteiger partial charge in [-0.15, -0.1) is 0 Å². The van der Waals surface area contributed by atoms with Crippen molar-refractivity contribution in [1.29, 1.82) is 0 Å². The molecule has 1 aromatic rings. The SMILES string of the molecule is CC(C)(C)OC(=O)N1CCN(c2cccc3c2OC(C)(C)C3)CC1. The highest BCUT2D eigenvalue weighted by Gasteiger charge is 2.34. The predicted molar refractivity (Wildman–Crippen MR) is 94.9 cm³/mol. The van der Waals surface area contributed by atoms with E-state index in [4.69, 9.17) is 9.47 Å². The molecule has 0 radical (unpaired) electrons. The number of carbonyl (C=O) groups is 1. The Bertz CT molecular complexity index is 626. The first-order valence-electron chi connectivity index (χ1n) is 8.68. The molecule has 24 heavy (non-hydrogen) atoms. The molecule has 5 heteroatoms. The van der Waals surface area contributed by atoms with Gasteiger partial charge >= 0.3 is 6.09 Å². The molecule has 2 heterocycles.